The lowest BCUT2D eigenvalue weighted by atomic mass is 10.1. The van der Waals surface area contributed by atoms with E-state index in [2.05, 4.69) is 15.9 Å². The Labute approximate surface area is 136 Å². The van der Waals surface area contributed by atoms with E-state index < -0.39 is 0 Å². The second-order valence-corrected chi connectivity index (χ2v) is 5.78. The van der Waals surface area contributed by atoms with E-state index in [1.54, 1.807) is 18.2 Å². The van der Waals surface area contributed by atoms with Crippen LogP contribution >= 0.6 is 27.5 Å². The molecule has 0 spiro atoms. The van der Waals surface area contributed by atoms with Gasteiger partial charge in [0.1, 0.15) is 11.5 Å². The fourth-order valence-electron chi connectivity index (χ4n) is 2.20. The number of hydrogen-bond acceptors (Lipinski definition) is 2. The van der Waals surface area contributed by atoms with E-state index in [1.807, 2.05) is 36.4 Å². The molecular weight excluding hydrogens is 352 g/mol. The minimum absolute atomic E-state index is 0.166. The molecule has 0 fully saturated rings. The monoisotopic (exact) mass is 362 g/mol. The van der Waals surface area contributed by atoms with Gasteiger partial charge in [-0.3, -0.25) is 0 Å². The van der Waals surface area contributed by atoms with Gasteiger partial charge in [0.15, 0.2) is 0 Å². The molecular formula is C17H12BrClO2. The van der Waals surface area contributed by atoms with Crippen LogP contribution in [-0.4, -0.2) is 5.11 Å². The molecule has 0 heterocycles. The van der Waals surface area contributed by atoms with Crippen LogP contribution in [-0.2, 0) is 6.61 Å². The number of hydrogen-bond donors (Lipinski definition) is 1. The highest BCUT2D eigenvalue weighted by Gasteiger charge is 2.11. The first-order chi connectivity index (χ1) is 10.2. The first kappa shape index (κ1) is 14.4. The molecule has 0 aliphatic carbocycles. The summed E-state index contributed by atoms with van der Waals surface area (Å²) in [6.45, 7) is -0.166. The van der Waals surface area contributed by atoms with Gasteiger partial charge in [0, 0.05) is 10.6 Å². The Morgan fingerprint density at radius 1 is 0.952 bits per heavy atom. The number of ether oxygens (including phenoxy) is 1. The van der Waals surface area contributed by atoms with Crippen molar-refractivity contribution >= 4 is 38.3 Å². The Balaban J connectivity index is 2.07. The minimum Gasteiger partial charge on any atom is -0.456 e. The van der Waals surface area contributed by atoms with E-state index >= 15 is 0 Å². The van der Waals surface area contributed by atoms with Crippen molar-refractivity contribution in [1.29, 1.82) is 0 Å². The molecule has 0 bridgehead atoms. The van der Waals surface area contributed by atoms with Crippen LogP contribution in [0.2, 0.25) is 5.02 Å². The van der Waals surface area contributed by atoms with E-state index in [0.717, 1.165) is 15.2 Å². The third-order valence-corrected chi connectivity index (χ3v) is 4.45. The maximum atomic E-state index is 9.44. The largest absolute Gasteiger partial charge is 0.456 e. The van der Waals surface area contributed by atoms with Crippen LogP contribution in [0.15, 0.2) is 59.1 Å². The topological polar surface area (TPSA) is 29.5 Å². The highest BCUT2D eigenvalue weighted by Crippen LogP contribution is 2.37. The minimum atomic E-state index is -0.166. The number of aliphatic hydroxyl groups excluding tert-OH is 1. The molecule has 4 heteroatoms. The van der Waals surface area contributed by atoms with Gasteiger partial charge in [-0.05, 0) is 44.9 Å². The van der Waals surface area contributed by atoms with Crippen LogP contribution in [0.25, 0.3) is 10.8 Å². The lowest BCUT2D eigenvalue weighted by Crippen LogP contribution is -1.93. The Kier molecular flexibility index (Phi) is 4.15. The smallest absolute Gasteiger partial charge is 0.142 e. The molecule has 1 N–H and O–H groups in total. The normalized spacial score (nSPS) is 10.8. The summed E-state index contributed by atoms with van der Waals surface area (Å²) < 4.78 is 6.81. The van der Waals surface area contributed by atoms with Crippen molar-refractivity contribution < 1.29 is 9.84 Å². The summed E-state index contributed by atoms with van der Waals surface area (Å²) >= 11 is 9.66. The van der Waals surface area contributed by atoms with E-state index in [1.165, 1.54) is 0 Å². The van der Waals surface area contributed by atoms with Crippen LogP contribution in [0.1, 0.15) is 5.56 Å². The molecule has 0 aliphatic heterocycles. The summed E-state index contributed by atoms with van der Waals surface area (Å²) in [5, 5.41) is 12.1. The van der Waals surface area contributed by atoms with E-state index in [4.69, 9.17) is 16.3 Å². The lowest BCUT2D eigenvalue weighted by Gasteiger charge is -2.13. The summed E-state index contributed by atoms with van der Waals surface area (Å²) in [6.07, 6.45) is 0. The molecule has 0 unspecified atom stereocenters. The van der Waals surface area contributed by atoms with Crippen molar-refractivity contribution in [2.75, 3.05) is 0 Å². The quantitative estimate of drug-likeness (QED) is 0.662. The third-order valence-electron chi connectivity index (χ3n) is 3.28. The van der Waals surface area contributed by atoms with Crippen molar-refractivity contribution in [3.63, 3.8) is 0 Å². The summed E-state index contributed by atoms with van der Waals surface area (Å²) in [5.41, 5.74) is 0.583. The number of benzene rings is 3. The Morgan fingerprint density at radius 2 is 1.76 bits per heavy atom. The molecule has 21 heavy (non-hydrogen) atoms. The molecule has 0 aliphatic rings. The number of fused-ring (bicyclic) bond motifs is 1. The second kappa shape index (κ2) is 6.06. The van der Waals surface area contributed by atoms with Crippen LogP contribution in [0.4, 0.5) is 0 Å². The molecule has 0 saturated carbocycles. The van der Waals surface area contributed by atoms with Gasteiger partial charge in [0.25, 0.3) is 0 Å². The zero-order valence-electron chi connectivity index (χ0n) is 11.0. The first-order valence-electron chi connectivity index (χ1n) is 6.44. The van der Waals surface area contributed by atoms with E-state index in [9.17, 15) is 5.11 Å². The molecule has 0 radical (unpaired) electrons. The van der Waals surface area contributed by atoms with Crippen molar-refractivity contribution in [1.82, 2.24) is 0 Å². The molecule has 0 atom stereocenters. The maximum absolute atomic E-state index is 9.44. The molecule has 3 aromatic rings. The standard InChI is InChI=1S/C17H12BrClO2/c18-17-12-5-2-1-4-11(12)8-9-16(17)21-15-7-3-6-14(19)13(15)10-20/h1-9,20H,10H2. The predicted molar refractivity (Wildman–Crippen MR) is 89.1 cm³/mol. The molecule has 0 saturated heterocycles. The Bertz CT molecular complexity index is 802. The van der Waals surface area contributed by atoms with Crippen molar-refractivity contribution in [3.8, 4) is 11.5 Å². The predicted octanol–water partition coefficient (Wildman–Crippen LogP) is 5.54. The highest BCUT2D eigenvalue weighted by molar-refractivity contribution is 9.10. The van der Waals surface area contributed by atoms with Gasteiger partial charge in [0.2, 0.25) is 0 Å². The maximum Gasteiger partial charge on any atom is 0.142 e. The van der Waals surface area contributed by atoms with Crippen molar-refractivity contribution in [2.24, 2.45) is 0 Å². The number of halogens is 2. The molecule has 0 amide bonds. The molecule has 3 aromatic carbocycles. The average Bonchev–Trinajstić information content (AvgIpc) is 2.50. The Morgan fingerprint density at radius 3 is 2.57 bits per heavy atom. The average molecular weight is 364 g/mol. The SMILES string of the molecule is OCc1c(Cl)cccc1Oc1ccc2ccccc2c1Br. The van der Waals surface area contributed by atoms with Crippen LogP contribution in [0.3, 0.4) is 0 Å². The van der Waals surface area contributed by atoms with Gasteiger partial charge in [-0.15, -0.1) is 0 Å². The van der Waals surface area contributed by atoms with Crippen LogP contribution < -0.4 is 4.74 Å². The van der Waals surface area contributed by atoms with Gasteiger partial charge in [-0.2, -0.15) is 0 Å². The van der Waals surface area contributed by atoms with Crippen LogP contribution in [0.5, 0.6) is 11.5 Å². The van der Waals surface area contributed by atoms with Gasteiger partial charge in [0.05, 0.1) is 11.1 Å². The summed E-state index contributed by atoms with van der Waals surface area (Å²) in [6, 6.07) is 17.3. The Hall–Kier alpha value is -1.55. The van der Waals surface area contributed by atoms with Crippen molar-refractivity contribution in [3.05, 3.63) is 69.7 Å². The summed E-state index contributed by atoms with van der Waals surface area (Å²) in [5.74, 6) is 1.24. The zero-order valence-corrected chi connectivity index (χ0v) is 13.4. The van der Waals surface area contributed by atoms with E-state index in [0.29, 0.717) is 22.1 Å². The van der Waals surface area contributed by atoms with Gasteiger partial charge < -0.3 is 9.84 Å². The van der Waals surface area contributed by atoms with Gasteiger partial charge >= 0.3 is 0 Å². The first-order valence-corrected chi connectivity index (χ1v) is 7.61. The zero-order chi connectivity index (χ0) is 14.8. The summed E-state index contributed by atoms with van der Waals surface area (Å²) in [4.78, 5) is 0. The molecule has 2 nitrogen and oxygen atoms in total. The fraction of sp³-hybridized carbons (Fsp3) is 0.0588. The van der Waals surface area contributed by atoms with Gasteiger partial charge in [-0.25, -0.2) is 0 Å². The third kappa shape index (κ3) is 2.77. The highest BCUT2D eigenvalue weighted by atomic mass is 79.9. The molecule has 106 valence electrons. The van der Waals surface area contributed by atoms with Crippen LogP contribution in [0, 0.1) is 0 Å². The second-order valence-electron chi connectivity index (χ2n) is 4.58. The number of aliphatic hydroxyl groups is 1. The fourth-order valence-corrected chi connectivity index (χ4v) is 3.00. The van der Waals surface area contributed by atoms with E-state index in [-0.39, 0.29) is 6.61 Å². The molecule has 3 rings (SSSR count). The number of rotatable bonds is 3. The van der Waals surface area contributed by atoms with Crippen molar-refractivity contribution in [2.45, 2.75) is 6.61 Å². The van der Waals surface area contributed by atoms with Gasteiger partial charge in [-0.1, -0.05) is 48.0 Å². The summed E-state index contributed by atoms with van der Waals surface area (Å²) in [7, 11) is 0. The lowest BCUT2D eigenvalue weighted by molar-refractivity contribution is 0.276. The molecule has 0 aromatic heterocycles.